The minimum Gasteiger partial charge on any atom is -0.476 e. The molecule has 2 bridgehead atoms. The highest BCUT2D eigenvalue weighted by Crippen LogP contribution is 2.48. The van der Waals surface area contributed by atoms with E-state index in [0.717, 1.165) is 50.6 Å². The summed E-state index contributed by atoms with van der Waals surface area (Å²) in [4.78, 5) is 30.3. The Kier molecular flexibility index (Phi) is 10.6. The highest BCUT2D eigenvalue weighted by Gasteiger charge is 2.52. The van der Waals surface area contributed by atoms with Crippen molar-refractivity contribution in [1.82, 2.24) is 19.8 Å². The number of aromatic nitrogens is 2. The van der Waals surface area contributed by atoms with Crippen molar-refractivity contribution in [3.05, 3.63) is 65.7 Å². The van der Waals surface area contributed by atoms with Gasteiger partial charge in [-0.25, -0.2) is 23.5 Å². The van der Waals surface area contributed by atoms with Crippen LogP contribution in [0.25, 0.3) is 32.9 Å². The first-order valence-corrected chi connectivity index (χ1v) is 24.9. The number of hydrogen-bond acceptors (Lipinski definition) is 8. The number of carbonyl (C=O) groups excluding carboxylic acids is 1. The van der Waals surface area contributed by atoms with Gasteiger partial charge >= 0.3 is 6.09 Å². The Hall–Kier alpha value is -4.73. The van der Waals surface area contributed by atoms with Gasteiger partial charge in [0, 0.05) is 30.1 Å². The normalized spacial score (nSPS) is 23.5. The lowest BCUT2D eigenvalue weighted by atomic mass is 9.94. The second-order valence-corrected chi connectivity index (χ2v) is 26.0. The summed E-state index contributed by atoms with van der Waals surface area (Å²) in [6.45, 7) is 26.3. The van der Waals surface area contributed by atoms with Crippen molar-refractivity contribution in [2.45, 2.75) is 140 Å². The van der Waals surface area contributed by atoms with E-state index in [0.29, 0.717) is 57.7 Å². The molecule has 0 spiro atoms. The predicted molar refractivity (Wildman–Crippen MR) is 245 cm³/mol. The number of piperazine rings is 1. The molecule has 12 heteroatoms. The predicted octanol–water partition coefficient (Wildman–Crippen LogP) is 10.8. The molecule has 5 aliphatic heterocycles. The van der Waals surface area contributed by atoms with Crippen LogP contribution in [0.5, 0.6) is 11.8 Å². The third-order valence-corrected chi connectivity index (χ3v) is 21.0. The first kappa shape index (κ1) is 42.6. The third-order valence-electron chi connectivity index (χ3n) is 14.7. The molecule has 328 valence electrons. The van der Waals surface area contributed by atoms with Gasteiger partial charge in [-0.15, -0.1) is 5.54 Å². The molecule has 4 aromatic rings. The summed E-state index contributed by atoms with van der Waals surface area (Å²) in [7, 11) is -2.27. The highest BCUT2D eigenvalue weighted by atomic mass is 28.3. The smallest absolute Gasteiger partial charge is 0.410 e. The third kappa shape index (κ3) is 6.93. The van der Waals surface area contributed by atoms with Gasteiger partial charge in [0.15, 0.2) is 5.82 Å². The number of fused-ring (bicyclic) bond motifs is 7. The van der Waals surface area contributed by atoms with Crippen LogP contribution >= 0.6 is 0 Å². The molecule has 5 aliphatic rings. The maximum absolute atomic E-state index is 17.9. The van der Waals surface area contributed by atoms with Crippen molar-refractivity contribution >= 4 is 41.5 Å². The van der Waals surface area contributed by atoms with Gasteiger partial charge in [-0.05, 0) is 87.5 Å². The molecule has 0 N–H and O–H groups in total. The number of nitrogens with zero attached hydrogens (tertiary/aromatic N) is 5. The maximum atomic E-state index is 17.9. The zero-order chi connectivity index (χ0) is 44.0. The minimum atomic E-state index is -2.27. The molecule has 2 aromatic carbocycles. The topological polar surface area (TPSA) is 80.3 Å². The van der Waals surface area contributed by atoms with Crippen LogP contribution in [0.4, 0.5) is 19.3 Å². The molecule has 0 unspecified atom stereocenters. The Labute approximate surface area is 366 Å². The average molecular weight is 862 g/mol. The van der Waals surface area contributed by atoms with Crippen LogP contribution in [-0.4, -0.2) is 96.0 Å². The molecule has 1 amide bonds. The molecule has 2 aromatic heterocycles. The molecule has 9 rings (SSSR count). The van der Waals surface area contributed by atoms with Crippen LogP contribution in [0.2, 0.25) is 16.6 Å². The van der Waals surface area contributed by atoms with E-state index < -0.39 is 25.3 Å². The molecule has 7 heterocycles. The lowest BCUT2D eigenvalue weighted by molar-refractivity contribution is 0.00546. The zero-order valence-electron chi connectivity index (χ0n) is 37.8. The number of benzene rings is 2. The summed E-state index contributed by atoms with van der Waals surface area (Å²) in [5.41, 5.74) is 6.54. The molecular formula is C50H61F2N5O4Si. The molecule has 0 radical (unpaired) electrons. The van der Waals surface area contributed by atoms with Gasteiger partial charge < -0.3 is 19.1 Å². The number of halogens is 2. The average Bonchev–Trinajstić information content (AvgIpc) is 3.81. The van der Waals surface area contributed by atoms with E-state index in [-0.39, 0.29) is 59.0 Å². The number of pyridine rings is 2. The minimum absolute atomic E-state index is 0.00636. The second kappa shape index (κ2) is 15.5. The fraction of sp³-hybridized carbons (Fsp3) is 0.540. The first-order valence-electron chi connectivity index (χ1n) is 22.7. The van der Waals surface area contributed by atoms with Gasteiger partial charge in [-0.2, -0.15) is 0 Å². The van der Waals surface area contributed by atoms with E-state index in [2.05, 4.69) is 69.4 Å². The first-order chi connectivity index (χ1) is 29.4. The standard InChI is InChI=1S/C50H61F2N5O4Si/c1-29(2)62(30(3)4,31(5)6)22-19-35-37(51)17-15-33-13-11-14-36(42(33)35)45-44(52)46-43-39(23-41(53-46)60-28-50-20-12-21-55(50)25-32(7)24-50)56-26-34-16-18-38(40(56)27-59-47(43)54-45)57(34)48(58)61-49(8,9)10/h11,13-15,17,23,29-31,34,38,40H,7,12,16,18,20-21,24-28H2,1-6,8-10H3/t34-,38+,40-,50+/m1/s1. The van der Waals surface area contributed by atoms with Gasteiger partial charge in [0.05, 0.1) is 40.3 Å². The van der Waals surface area contributed by atoms with Gasteiger partial charge in [0.2, 0.25) is 11.8 Å². The van der Waals surface area contributed by atoms with Gasteiger partial charge in [-0.3, -0.25) is 9.80 Å². The quantitative estimate of drug-likeness (QED) is 0.103. The Morgan fingerprint density at radius 3 is 2.52 bits per heavy atom. The van der Waals surface area contributed by atoms with Gasteiger partial charge in [0.1, 0.15) is 43.9 Å². The number of ether oxygens (including phenoxy) is 3. The van der Waals surface area contributed by atoms with E-state index in [4.69, 9.17) is 24.2 Å². The number of anilines is 1. The van der Waals surface area contributed by atoms with Crippen LogP contribution in [-0.2, 0) is 4.74 Å². The molecule has 4 saturated heterocycles. The summed E-state index contributed by atoms with van der Waals surface area (Å²) < 4.78 is 53.5. The summed E-state index contributed by atoms with van der Waals surface area (Å²) in [5.74, 6) is 2.82. The fourth-order valence-corrected chi connectivity index (χ4v) is 17.2. The van der Waals surface area contributed by atoms with Crippen molar-refractivity contribution in [3.8, 4) is 34.5 Å². The lowest BCUT2D eigenvalue weighted by Crippen LogP contribution is -2.63. The lowest BCUT2D eigenvalue weighted by Gasteiger charge is -2.47. The summed E-state index contributed by atoms with van der Waals surface area (Å²) in [6.07, 6.45) is 4.17. The molecule has 4 fully saturated rings. The monoisotopic (exact) mass is 861 g/mol. The van der Waals surface area contributed by atoms with Crippen LogP contribution < -0.4 is 14.4 Å². The molecule has 62 heavy (non-hydrogen) atoms. The van der Waals surface area contributed by atoms with E-state index in [1.165, 1.54) is 11.6 Å². The van der Waals surface area contributed by atoms with Gasteiger partial charge in [0.25, 0.3) is 0 Å². The van der Waals surface area contributed by atoms with Crippen LogP contribution in [0, 0.1) is 23.1 Å². The zero-order valence-corrected chi connectivity index (χ0v) is 38.8. The number of amides is 1. The van der Waals surface area contributed by atoms with E-state index >= 15 is 8.78 Å². The van der Waals surface area contributed by atoms with Crippen molar-refractivity contribution in [2.24, 2.45) is 0 Å². The Bertz CT molecular complexity index is 2520. The summed E-state index contributed by atoms with van der Waals surface area (Å²) in [5, 5.41) is 1.68. The second-order valence-electron chi connectivity index (χ2n) is 20.4. The van der Waals surface area contributed by atoms with E-state index in [1.54, 1.807) is 12.1 Å². The van der Waals surface area contributed by atoms with Crippen LogP contribution in [0.15, 0.2) is 48.6 Å². The van der Waals surface area contributed by atoms with E-state index in [1.807, 2.05) is 43.9 Å². The number of rotatable bonds is 7. The molecule has 9 nitrogen and oxygen atoms in total. The SMILES string of the molecule is C=C1CN2CCC[C@@]2(COc2cc3c4c(nc(-c5cccc6ccc(F)c(C#C[Si](C(C)C)(C(C)C)C(C)C)c56)c(F)c4n2)OC[C@@H]2[C@@H]4CC[C@H](CN32)N4C(=O)OC(C)(C)C)C1. The maximum Gasteiger partial charge on any atom is 0.410 e. The summed E-state index contributed by atoms with van der Waals surface area (Å²) in [6, 6.07) is 10.0. The highest BCUT2D eigenvalue weighted by molar-refractivity contribution is 6.90. The van der Waals surface area contributed by atoms with Crippen molar-refractivity contribution in [1.29, 1.82) is 0 Å². The number of hydrogen-bond donors (Lipinski definition) is 0. The molecule has 0 aliphatic carbocycles. The van der Waals surface area contributed by atoms with Crippen LogP contribution in [0.1, 0.15) is 100.0 Å². The van der Waals surface area contributed by atoms with Crippen molar-refractivity contribution in [3.63, 3.8) is 0 Å². The van der Waals surface area contributed by atoms with Crippen LogP contribution in [0.3, 0.4) is 0 Å². The molecular weight excluding hydrogens is 801 g/mol. The van der Waals surface area contributed by atoms with Crippen molar-refractivity contribution < 1.29 is 27.8 Å². The fourth-order valence-electron chi connectivity index (χ4n) is 12.0. The Balaban J connectivity index is 1.21. The Morgan fingerprint density at radius 1 is 1.03 bits per heavy atom. The largest absolute Gasteiger partial charge is 0.476 e. The molecule has 0 saturated carbocycles. The Morgan fingerprint density at radius 2 is 1.79 bits per heavy atom. The number of carbonyl (C=O) groups is 1. The van der Waals surface area contributed by atoms with Crippen molar-refractivity contribution in [2.75, 3.05) is 37.7 Å². The molecule has 4 atom stereocenters. The van der Waals surface area contributed by atoms with E-state index in [9.17, 15) is 4.79 Å². The van der Waals surface area contributed by atoms with Gasteiger partial charge in [-0.1, -0.05) is 83.9 Å². The summed E-state index contributed by atoms with van der Waals surface area (Å²) >= 11 is 0.